The van der Waals surface area contributed by atoms with Gasteiger partial charge >= 0.3 is 5.91 Å². The topological polar surface area (TPSA) is 71.3 Å². The Morgan fingerprint density at radius 3 is 1.68 bits per heavy atom. The van der Waals surface area contributed by atoms with Crippen LogP contribution >= 0.6 is 46.4 Å². The van der Waals surface area contributed by atoms with Crippen LogP contribution < -0.4 is 0 Å². The fourth-order valence-corrected chi connectivity index (χ4v) is 4.84. The van der Waals surface area contributed by atoms with Gasteiger partial charge in [0.2, 0.25) is 0 Å². The molecular formula is C29H17Cl4N5O2+2. The molecule has 0 unspecified atom stereocenters. The molecule has 0 radical (unpaired) electrons. The van der Waals surface area contributed by atoms with E-state index < -0.39 is 5.91 Å². The number of hydrogen-bond acceptors (Lipinski definition) is 4. The number of amides is 1. The first kappa shape index (κ1) is 26.2. The number of benzene rings is 5. The fraction of sp³-hybridized carbons (Fsp3) is 0. The van der Waals surface area contributed by atoms with Crippen molar-refractivity contribution in [2.75, 3.05) is 0 Å². The molecule has 0 aliphatic carbocycles. The number of aromatic hydroxyl groups is 1. The summed E-state index contributed by atoms with van der Waals surface area (Å²) in [6.45, 7) is 0. The van der Waals surface area contributed by atoms with Gasteiger partial charge in [-0.25, -0.2) is 0 Å². The number of carbonyl (C=O) groups is 1. The second-order valence-electron chi connectivity index (χ2n) is 8.83. The predicted octanol–water partition coefficient (Wildman–Crippen LogP) is 10.0. The van der Waals surface area contributed by atoms with Crippen molar-refractivity contribution in [1.82, 2.24) is 5.12 Å². The van der Waals surface area contributed by atoms with Crippen LogP contribution in [0.3, 0.4) is 0 Å². The van der Waals surface area contributed by atoms with Crippen LogP contribution in [0.15, 0.2) is 107 Å². The second-order valence-corrected chi connectivity index (χ2v) is 10.5. The van der Waals surface area contributed by atoms with Crippen molar-refractivity contribution in [3.05, 3.63) is 123 Å². The lowest BCUT2D eigenvalue weighted by Gasteiger charge is -2.10. The Bertz CT molecular complexity index is 1800. The Balaban J connectivity index is 1.60. The van der Waals surface area contributed by atoms with Crippen molar-refractivity contribution >= 4 is 85.8 Å². The number of rotatable bonds is 3. The molecule has 2 bridgehead atoms. The van der Waals surface area contributed by atoms with Gasteiger partial charge in [0.1, 0.15) is 15.4 Å². The molecule has 0 atom stereocenters. The molecule has 2 heterocycles. The third-order valence-corrected chi connectivity index (χ3v) is 7.25. The first-order chi connectivity index (χ1) is 19.3. The van der Waals surface area contributed by atoms with Gasteiger partial charge in [-0.15, -0.1) is 0 Å². The third-order valence-electron chi connectivity index (χ3n) is 6.14. The number of hydrazine groups is 2. The van der Waals surface area contributed by atoms with Crippen LogP contribution in [-0.4, -0.2) is 25.7 Å². The summed E-state index contributed by atoms with van der Waals surface area (Å²) in [5.74, 6) is -0.325. The summed E-state index contributed by atoms with van der Waals surface area (Å²) in [5, 5.41) is 23.7. The quantitative estimate of drug-likeness (QED) is 0.207. The Morgan fingerprint density at radius 1 is 0.625 bits per heavy atom. The number of nitrogens with zero attached hydrogens (tertiary/aromatic N) is 5. The summed E-state index contributed by atoms with van der Waals surface area (Å²) in [5.41, 5.74) is 2.15. The number of phenols is 1. The largest absolute Gasteiger partial charge is 0.508 e. The molecule has 5 aromatic carbocycles. The molecule has 40 heavy (non-hydrogen) atoms. The summed E-state index contributed by atoms with van der Waals surface area (Å²) in [7, 11) is 0. The van der Waals surface area contributed by atoms with E-state index in [9.17, 15) is 9.90 Å². The molecular weight excluding hydrogens is 592 g/mol. The molecule has 5 aromatic rings. The maximum atomic E-state index is 14.4. The molecule has 0 aromatic heterocycles. The number of carbonyl (C=O) groups excluding carboxylic acids is 1. The van der Waals surface area contributed by atoms with E-state index in [0.717, 1.165) is 10.8 Å². The number of fused-ring (bicyclic) bond motifs is 5. The van der Waals surface area contributed by atoms with Crippen molar-refractivity contribution in [3.63, 3.8) is 0 Å². The van der Waals surface area contributed by atoms with Gasteiger partial charge in [-0.05, 0) is 71.4 Å². The zero-order chi connectivity index (χ0) is 28.0. The molecule has 2 aliphatic heterocycles. The predicted molar refractivity (Wildman–Crippen MR) is 155 cm³/mol. The lowest BCUT2D eigenvalue weighted by Crippen LogP contribution is -2.41. The molecule has 7 nitrogen and oxygen atoms in total. The molecule has 2 aliphatic rings. The van der Waals surface area contributed by atoms with Crippen molar-refractivity contribution in [3.8, 4) is 5.75 Å². The summed E-state index contributed by atoms with van der Waals surface area (Å²) in [4.78, 5) is 17.2. The molecule has 0 saturated heterocycles. The first-order valence-electron chi connectivity index (χ1n) is 11.9. The van der Waals surface area contributed by atoms with Crippen molar-refractivity contribution in [2.24, 2.45) is 10.2 Å². The van der Waals surface area contributed by atoms with Crippen LogP contribution in [0.25, 0.3) is 10.8 Å². The third kappa shape index (κ3) is 5.00. The molecule has 0 fully saturated rings. The van der Waals surface area contributed by atoms with Crippen molar-refractivity contribution in [1.29, 1.82) is 0 Å². The lowest BCUT2D eigenvalue weighted by molar-refractivity contribution is -0.898. The van der Waals surface area contributed by atoms with Gasteiger partial charge in [0.25, 0.3) is 11.4 Å². The van der Waals surface area contributed by atoms with E-state index in [4.69, 9.17) is 56.6 Å². The normalized spacial score (nSPS) is 14.8. The van der Waals surface area contributed by atoms with E-state index >= 15 is 0 Å². The summed E-state index contributed by atoms with van der Waals surface area (Å²) in [6.07, 6.45) is 0. The van der Waals surface area contributed by atoms with Gasteiger partial charge in [0.05, 0.1) is 15.6 Å². The van der Waals surface area contributed by atoms with Gasteiger partial charge in [0.15, 0.2) is 16.5 Å². The monoisotopic (exact) mass is 607 g/mol. The van der Waals surface area contributed by atoms with Crippen molar-refractivity contribution in [2.45, 2.75) is 0 Å². The zero-order valence-electron chi connectivity index (χ0n) is 20.3. The minimum atomic E-state index is -0.457. The molecule has 0 saturated carbocycles. The average molecular weight is 609 g/mol. The molecule has 1 N–H and O–H groups in total. The highest BCUT2D eigenvalue weighted by Crippen LogP contribution is 2.36. The highest BCUT2D eigenvalue weighted by atomic mass is 35.5. The van der Waals surface area contributed by atoms with Gasteiger partial charge in [-0.1, -0.05) is 58.5 Å². The number of hydrogen-bond donors (Lipinski definition) is 1. The minimum Gasteiger partial charge on any atom is -0.508 e. The summed E-state index contributed by atoms with van der Waals surface area (Å²) < 4.78 is 0. The van der Waals surface area contributed by atoms with Crippen LogP contribution in [0.4, 0.5) is 22.7 Å². The molecule has 7 rings (SSSR count). The van der Waals surface area contributed by atoms with E-state index in [1.165, 1.54) is 14.7 Å². The van der Waals surface area contributed by atoms with E-state index in [-0.39, 0.29) is 5.75 Å². The summed E-state index contributed by atoms with van der Waals surface area (Å²) >= 11 is 25.4. The molecule has 11 heteroatoms. The maximum absolute atomic E-state index is 14.4. The second kappa shape index (κ2) is 10.5. The average Bonchev–Trinajstić information content (AvgIpc) is 3.17. The Hall–Kier alpha value is -4.01. The Kier molecular flexibility index (Phi) is 6.90. The molecule has 196 valence electrons. The van der Waals surface area contributed by atoms with Crippen molar-refractivity contribution < 1.29 is 19.5 Å². The SMILES string of the molecule is O=C(c1ccc2cc(O)ccc2c1)N1[N+](=Nc2cc(Cl)ccc2Cl)c2ccc(cc2)[N+]1=Nc1cc(Cl)ccc1Cl. The highest BCUT2D eigenvalue weighted by Gasteiger charge is 2.47. The number of phenolic OH excluding ortho intramolecular Hbond substituents is 1. The standard InChI is InChI=1S/C29H16Cl4N5O2/c30-20-4-11-25(32)27(15-20)34-36-22-6-8-23(9-7-22)37(35-28-16-21(31)5-12-26(28)33)38(36)29(40)19-2-1-18-14-24(39)10-3-17(18)13-19/h1-16H/q+1/p+1. The fourth-order valence-electron chi connectivity index (χ4n) is 4.20. The van der Waals surface area contributed by atoms with E-state index in [1.807, 2.05) is 0 Å². The first-order valence-corrected chi connectivity index (χ1v) is 13.4. The molecule has 1 amide bonds. The summed E-state index contributed by atoms with van der Waals surface area (Å²) in [6, 6.07) is 27.0. The highest BCUT2D eigenvalue weighted by molar-refractivity contribution is 6.35. The van der Waals surface area contributed by atoms with E-state index in [0.29, 0.717) is 48.4 Å². The Morgan fingerprint density at radius 2 is 1.12 bits per heavy atom. The molecule has 0 spiro atoms. The Labute approximate surface area is 248 Å². The van der Waals surface area contributed by atoms with E-state index in [2.05, 4.69) is 0 Å². The van der Waals surface area contributed by atoms with E-state index in [1.54, 1.807) is 97.1 Å². The minimum absolute atomic E-state index is 0.132. The van der Waals surface area contributed by atoms with Crippen LogP contribution in [0.2, 0.25) is 20.1 Å². The maximum Gasteiger partial charge on any atom is 0.382 e. The van der Waals surface area contributed by atoms with Gasteiger partial charge in [-0.3, -0.25) is 4.79 Å². The zero-order valence-corrected chi connectivity index (χ0v) is 23.4. The lowest BCUT2D eigenvalue weighted by atomic mass is 10.1. The van der Waals surface area contributed by atoms with Gasteiger partial charge in [-0.2, -0.15) is 0 Å². The van der Waals surface area contributed by atoms with Crippen LogP contribution in [0, 0.1) is 0 Å². The van der Waals surface area contributed by atoms with Crippen LogP contribution in [0.1, 0.15) is 10.4 Å². The van der Waals surface area contributed by atoms with Crippen LogP contribution in [0.5, 0.6) is 5.75 Å². The number of azo groups is 2. The van der Waals surface area contributed by atoms with Crippen LogP contribution in [-0.2, 0) is 0 Å². The smallest absolute Gasteiger partial charge is 0.382 e. The van der Waals surface area contributed by atoms with Gasteiger partial charge < -0.3 is 5.11 Å². The number of halogens is 4. The van der Waals surface area contributed by atoms with Gasteiger partial charge in [0, 0.05) is 44.5 Å².